The second-order valence-corrected chi connectivity index (χ2v) is 8.01. The van der Waals surface area contributed by atoms with E-state index in [9.17, 15) is 9.59 Å². The van der Waals surface area contributed by atoms with Crippen LogP contribution in [0.15, 0.2) is 18.2 Å². The number of halogens is 2. The molecule has 3 aliphatic heterocycles. The molecule has 2 bridgehead atoms. The fraction of sp³-hybridized carbons (Fsp3) is 0.556. The number of nitrogens with one attached hydrogen (secondary N) is 1. The summed E-state index contributed by atoms with van der Waals surface area (Å²) in [5, 5.41) is 4.57. The zero-order valence-electron chi connectivity index (χ0n) is 13.9. The molecule has 3 atom stereocenters. The van der Waals surface area contributed by atoms with E-state index in [2.05, 4.69) is 5.32 Å². The molecule has 7 heteroatoms. The predicted octanol–water partition coefficient (Wildman–Crippen LogP) is 2.70. The van der Waals surface area contributed by atoms with E-state index in [4.69, 9.17) is 23.2 Å². The van der Waals surface area contributed by atoms with Gasteiger partial charge in [-0.2, -0.15) is 0 Å². The van der Waals surface area contributed by atoms with Crippen molar-refractivity contribution in [3.63, 3.8) is 0 Å². The van der Waals surface area contributed by atoms with Gasteiger partial charge in [-0.3, -0.25) is 9.59 Å². The predicted molar refractivity (Wildman–Crippen MR) is 98.1 cm³/mol. The highest BCUT2D eigenvalue weighted by Gasteiger charge is 2.42. The maximum Gasteiger partial charge on any atom is 0.239 e. The number of hydrogen-bond acceptors (Lipinski definition) is 3. The molecule has 0 aromatic heterocycles. The van der Waals surface area contributed by atoms with E-state index in [0.29, 0.717) is 53.9 Å². The van der Waals surface area contributed by atoms with Crippen molar-refractivity contribution in [1.29, 1.82) is 0 Å². The molecular formula is C18H21Cl2N3O2. The van der Waals surface area contributed by atoms with Crippen LogP contribution in [-0.2, 0) is 9.59 Å². The van der Waals surface area contributed by atoms with E-state index in [0.717, 1.165) is 12.8 Å². The van der Waals surface area contributed by atoms with Crippen molar-refractivity contribution < 1.29 is 9.59 Å². The second-order valence-electron chi connectivity index (χ2n) is 7.16. The minimum Gasteiger partial charge on any atom is -0.339 e. The Kier molecular flexibility index (Phi) is 4.65. The summed E-state index contributed by atoms with van der Waals surface area (Å²) >= 11 is 12.3. The van der Waals surface area contributed by atoms with E-state index in [1.54, 1.807) is 23.1 Å². The lowest BCUT2D eigenvalue weighted by Crippen LogP contribution is -2.61. The zero-order valence-corrected chi connectivity index (χ0v) is 15.4. The molecule has 0 spiro atoms. The summed E-state index contributed by atoms with van der Waals surface area (Å²) < 4.78 is 0. The Balaban J connectivity index is 1.49. The minimum absolute atomic E-state index is 0.0379. The van der Waals surface area contributed by atoms with Crippen molar-refractivity contribution in [3.8, 4) is 0 Å². The van der Waals surface area contributed by atoms with Gasteiger partial charge in [-0.25, -0.2) is 0 Å². The van der Waals surface area contributed by atoms with Gasteiger partial charge in [-0.1, -0.05) is 29.6 Å². The van der Waals surface area contributed by atoms with Crippen LogP contribution in [0.25, 0.3) is 0 Å². The van der Waals surface area contributed by atoms with Gasteiger partial charge in [0.15, 0.2) is 0 Å². The number of benzene rings is 1. The SMILES string of the molecule is O=C(C1CCN(c2cc(Cl)ccc2Cl)C1=O)N1CC2CCCC(C1)N2. The number of piperidine rings is 1. The fourth-order valence-electron chi connectivity index (χ4n) is 4.25. The first-order valence-corrected chi connectivity index (χ1v) is 9.60. The van der Waals surface area contributed by atoms with Crippen LogP contribution in [0.1, 0.15) is 25.7 Å². The van der Waals surface area contributed by atoms with E-state index in [-0.39, 0.29) is 11.8 Å². The van der Waals surface area contributed by atoms with Crippen molar-refractivity contribution in [2.24, 2.45) is 5.92 Å². The summed E-state index contributed by atoms with van der Waals surface area (Å²) in [5.74, 6) is -0.809. The van der Waals surface area contributed by atoms with E-state index >= 15 is 0 Å². The van der Waals surface area contributed by atoms with Gasteiger partial charge in [0.2, 0.25) is 11.8 Å². The van der Waals surface area contributed by atoms with Gasteiger partial charge in [0.25, 0.3) is 0 Å². The minimum atomic E-state index is -0.603. The number of carbonyl (C=O) groups excluding carboxylic acids is 2. The molecule has 4 rings (SSSR count). The Morgan fingerprint density at radius 3 is 2.56 bits per heavy atom. The van der Waals surface area contributed by atoms with Crippen LogP contribution >= 0.6 is 23.2 Å². The molecule has 2 amide bonds. The first kappa shape index (κ1) is 17.1. The Labute approximate surface area is 157 Å². The maximum atomic E-state index is 13.0. The number of carbonyl (C=O) groups is 2. The molecule has 3 aliphatic rings. The summed E-state index contributed by atoms with van der Waals surface area (Å²) in [6.45, 7) is 1.91. The van der Waals surface area contributed by atoms with Crippen LogP contribution in [-0.4, -0.2) is 48.4 Å². The standard InChI is InChI=1S/C18H21Cl2N3O2/c19-11-4-5-15(20)16(8-11)23-7-6-14(18(23)25)17(24)22-9-12-2-1-3-13(10-22)21-12/h4-5,8,12-14,21H,1-3,6-7,9-10H2. The smallest absolute Gasteiger partial charge is 0.239 e. The number of hydrogen-bond donors (Lipinski definition) is 1. The topological polar surface area (TPSA) is 52.7 Å². The van der Waals surface area contributed by atoms with Crippen molar-refractivity contribution >= 4 is 40.7 Å². The van der Waals surface area contributed by atoms with Crippen LogP contribution in [0, 0.1) is 5.92 Å². The summed E-state index contributed by atoms with van der Waals surface area (Å²) in [5.41, 5.74) is 0.589. The highest BCUT2D eigenvalue weighted by Crippen LogP contribution is 2.34. The molecule has 0 aliphatic carbocycles. The second kappa shape index (κ2) is 6.78. The van der Waals surface area contributed by atoms with Gasteiger partial charge in [0.1, 0.15) is 5.92 Å². The van der Waals surface area contributed by atoms with Crippen molar-refractivity contribution in [3.05, 3.63) is 28.2 Å². The molecule has 1 N–H and O–H groups in total. The van der Waals surface area contributed by atoms with Gasteiger partial charge in [0, 0.05) is 36.7 Å². The number of nitrogens with zero attached hydrogens (tertiary/aromatic N) is 2. The first-order valence-electron chi connectivity index (χ1n) is 8.84. The molecule has 25 heavy (non-hydrogen) atoms. The molecule has 3 fully saturated rings. The lowest BCUT2D eigenvalue weighted by atomic mass is 9.93. The highest BCUT2D eigenvalue weighted by atomic mass is 35.5. The molecule has 5 nitrogen and oxygen atoms in total. The van der Waals surface area contributed by atoms with E-state index < -0.39 is 5.92 Å². The van der Waals surface area contributed by atoms with Crippen LogP contribution in [0.3, 0.4) is 0 Å². The number of likely N-dealkylation sites (tertiary alicyclic amines) is 1. The Hall–Kier alpha value is -1.30. The number of amides is 2. The van der Waals surface area contributed by atoms with E-state index in [1.165, 1.54) is 6.42 Å². The summed E-state index contributed by atoms with van der Waals surface area (Å²) in [4.78, 5) is 29.3. The molecule has 134 valence electrons. The quantitative estimate of drug-likeness (QED) is 0.801. The third-order valence-corrected chi connectivity index (χ3v) is 6.03. The zero-order chi connectivity index (χ0) is 17.6. The summed E-state index contributed by atoms with van der Waals surface area (Å²) in [6.07, 6.45) is 3.94. The molecule has 0 radical (unpaired) electrons. The highest BCUT2D eigenvalue weighted by molar-refractivity contribution is 6.36. The molecule has 3 heterocycles. The van der Waals surface area contributed by atoms with Gasteiger partial charge < -0.3 is 15.1 Å². The summed E-state index contributed by atoms with van der Waals surface area (Å²) in [6, 6.07) is 5.79. The van der Waals surface area contributed by atoms with Crippen LogP contribution < -0.4 is 10.2 Å². The van der Waals surface area contributed by atoms with Crippen molar-refractivity contribution in [2.45, 2.75) is 37.8 Å². The average Bonchev–Trinajstić information content (AvgIpc) is 2.97. The lowest BCUT2D eigenvalue weighted by molar-refractivity contribution is -0.141. The van der Waals surface area contributed by atoms with Crippen LogP contribution in [0.5, 0.6) is 0 Å². The monoisotopic (exact) mass is 381 g/mol. The maximum absolute atomic E-state index is 13.0. The number of piperazine rings is 1. The lowest BCUT2D eigenvalue weighted by Gasteiger charge is -2.43. The molecular weight excluding hydrogens is 361 g/mol. The molecule has 1 aromatic carbocycles. The third kappa shape index (κ3) is 3.25. The van der Waals surface area contributed by atoms with Crippen LogP contribution in [0.4, 0.5) is 5.69 Å². The Morgan fingerprint density at radius 2 is 1.84 bits per heavy atom. The summed E-state index contributed by atoms with van der Waals surface area (Å²) in [7, 11) is 0. The van der Waals surface area contributed by atoms with Gasteiger partial charge in [-0.05, 0) is 37.5 Å². The molecule has 3 unspecified atom stereocenters. The largest absolute Gasteiger partial charge is 0.339 e. The van der Waals surface area contributed by atoms with Crippen molar-refractivity contribution in [1.82, 2.24) is 10.2 Å². The first-order chi connectivity index (χ1) is 12.0. The number of anilines is 1. The Morgan fingerprint density at radius 1 is 1.12 bits per heavy atom. The third-order valence-electron chi connectivity index (χ3n) is 5.47. The fourth-order valence-corrected chi connectivity index (χ4v) is 4.63. The number of fused-ring (bicyclic) bond motifs is 2. The molecule has 1 aromatic rings. The molecule has 0 saturated carbocycles. The van der Waals surface area contributed by atoms with Gasteiger partial charge in [0.05, 0.1) is 10.7 Å². The van der Waals surface area contributed by atoms with Gasteiger partial charge >= 0.3 is 0 Å². The average molecular weight is 382 g/mol. The normalized spacial score (nSPS) is 29.2. The molecule has 3 saturated heterocycles. The van der Waals surface area contributed by atoms with E-state index in [1.807, 2.05) is 4.90 Å². The van der Waals surface area contributed by atoms with Gasteiger partial charge in [-0.15, -0.1) is 0 Å². The van der Waals surface area contributed by atoms with Crippen molar-refractivity contribution in [2.75, 3.05) is 24.5 Å². The number of rotatable bonds is 2. The van der Waals surface area contributed by atoms with Crippen LogP contribution in [0.2, 0.25) is 10.0 Å². The Bertz CT molecular complexity index is 700.